The maximum Gasteiger partial charge on any atom is 0.144 e. The fourth-order valence-electron chi connectivity index (χ4n) is 4.75. The largest absolute Gasteiger partial charge is 0.299 e. The van der Waals surface area contributed by atoms with E-state index >= 15 is 0 Å². The Hall–Kier alpha value is -3.00. The molecule has 0 saturated carbocycles. The van der Waals surface area contributed by atoms with Crippen LogP contribution in [-0.4, -0.2) is 9.55 Å². The molecule has 0 aliphatic heterocycles. The molecule has 206 valence electrons. The molecule has 1 aromatic heterocycles. The molecule has 4 rings (SSSR count). The van der Waals surface area contributed by atoms with Crippen molar-refractivity contribution in [1.82, 2.24) is 9.55 Å². The molecule has 3 heteroatoms. The minimum absolute atomic E-state index is 0.0367. The van der Waals surface area contributed by atoms with Gasteiger partial charge < -0.3 is 0 Å². The van der Waals surface area contributed by atoms with Crippen LogP contribution < -0.4 is 0 Å². The first-order valence-corrected chi connectivity index (χ1v) is 15.2. The second-order valence-electron chi connectivity index (χ2n) is 11.2. The van der Waals surface area contributed by atoms with Crippen LogP contribution in [0.2, 0.25) is 0 Å². The summed E-state index contributed by atoms with van der Waals surface area (Å²) in [6.45, 7) is 19.9. The van der Waals surface area contributed by atoms with Crippen molar-refractivity contribution in [3.05, 3.63) is 101 Å². The van der Waals surface area contributed by atoms with Gasteiger partial charge in [0.2, 0.25) is 0 Å². The third kappa shape index (κ3) is 7.78. The minimum Gasteiger partial charge on any atom is -0.299 e. The number of unbranched alkanes of at least 4 members (excludes halogenated alkanes) is 2. The highest BCUT2D eigenvalue weighted by Crippen LogP contribution is 2.40. The number of benzene rings is 2. The van der Waals surface area contributed by atoms with Crippen LogP contribution >= 0.6 is 11.8 Å². The number of imidazole rings is 1. The quantitative estimate of drug-likeness (QED) is 0.265. The minimum atomic E-state index is 0.0367. The Bertz CT molecular complexity index is 1390. The summed E-state index contributed by atoms with van der Waals surface area (Å²) in [5.41, 5.74) is 11.9. The molecule has 39 heavy (non-hydrogen) atoms. The van der Waals surface area contributed by atoms with Gasteiger partial charge in [-0.1, -0.05) is 89.4 Å². The molecular formula is C36H46N2S. The van der Waals surface area contributed by atoms with Crippen LogP contribution in [0.3, 0.4) is 0 Å². The van der Waals surface area contributed by atoms with E-state index in [-0.39, 0.29) is 5.41 Å². The topological polar surface area (TPSA) is 17.8 Å². The summed E-state index contributed by atoms with van der Waals surface area (Å²) in [7, 11) is 0. The maximum absolute atomic E-state index is 4.90. The zero-order chi connectivity index (χ0) is 28.6. The lowest BCUT2D eigenvalue weighted by Gasteiger charge is -2.27. The lowest BCUT2D eigenvalue weighted by molar-refractivity contribution is 0.507. The van der Waals surface area contributed by atoms with Gasteiger partial charge in [-0.15, -0.1) is 5.73 Å². The molecule has 0 fully saturated rings. The Kier molecular flexibility index (Phi) is 10.9. The number of aromatic nitrogens is 2. The molecular weight excluding hydrogens is 492 g/mol. The van der Waals surface area contributed by atoms with Crippen molar-refractivity contribution < 1.29 is 0 Å². The van der Waals surface area contributed by atoms with Crippen LogP contribution in [0.5, 0.6) is 0 Å². The van der Waals surface area contributed by atoms with E-state index in [1.807, 2.05) is 6.20 Å². The molecule has 0 N–H and O–H groups in total. The number of nitrogens with zero attached hydrogens (tertiary/aromatic N) is 2. The van der Waals surface area contributed by atoms with Gasteiger partial charge in [0.15, 0.2) is 0 Å². The lowest BCUT2D eigenvalue weighted by Crippen LogP contribution is -2.17. The third-order valence-electron chi connectivity index (χ3n) is 7.39. The van der Waals surface area contributed by atoms with Crippen LogP contribution in [0.25, 0.3) is 17.1 Å². The van der Waals surface area contributed by atoms with Crippen LogP contribution in [0.4, 0.5) is 0 Å². The summed E-state index contributed by atoms with van der Waals surface area (Å²) in [4.78, 5) is 7.37. The van der Waals surface area contributed by atoms with Gasteiger partial charge in [-0.05, 0) is 98.2 Å². The van der Waals surface area contributed by atoms with E-state index in [0.29, 0.717) is 0 Å². The van der Waals surface area contributed by atoms with Gasteiger partial charge in [0.1, 0.15) is 5.82 Å². The molecule has 2 aromatic carbocycles. The zero-order valence-corrected chi connectivity index (χ0v) is 26.3. The zero-order valence-electron chi connectivity index (χ0n) is 25.5. The molecule has 0 radical (unpaired) electrons. The van der Waals surface area contributed by atoms with Crippen molar-refractivity contribution in [2.45, 2.75) is 103 Å². The maximum atomic E-state index is 4.90. The van der Waals surface area contributed by atoms with Gasteiger partial charge in [0.25, 0.3) is 0 Å². The normalized spacial score (nSPS) is 13.5. The van der Waals surface area contributed by atoms with E-state index in [4.69, 9.17) is 4.98 Å². The van der Waals surface area contributed by atoms with Gasteiger partial charge in [-0.3, -0.25) is 4.57 Å². The van der Waals surface area contributed by atoms with E-state index < -0.39 is 0 Å². The average Bonchev–Trinajstić information content (AvgIpc) is 3.34. The van der Waals surface area contributed by atoms with E-state index in [1.54, 1.807) is 11.8 Å². The summed E-state index contributed by atoms with van der Waals surface area (Å²) < 4.78 is 2.25. The number of aryl methyl sites for hydroxylation is 1. The Labute approximate surface area is 241 Å². The Morgan fingerprint density at radius 2 is 1.56 bits per heavy atom. The van der Waals surface area contributed by atoms with Gasteiger partial charge in [-0.2, -0.15) is 0 Å². The Morgan fingerprint density at radius 1 is 0.897 bits per heavy atom. The first-order valence-electron chi connectivity index (χ1n) is 14.4. The second-order valence-corrected chi connectivity index (χ2v) is 12.3. The monoisotopic (exact) mass is 538 g/mol. The van der Waals surface area contributed by atoms with Crippen LogP contribution in [-0.2, 0) is 5.41 Å². The number of allylic oxidation sites excluding steroid dienone is 5. The van der Waals surface area contributed by atoms with Crippen molar-refractivity contribution in [2.24, 2.45) is 0 Å². The molecule has 0 spiro atoms. The third-order valence-corrected chi connectivity index (χ3v) is 8.38. The molecule has 1 aliphatic rings. The molecule has 0 atom stereocenters. The fourth-order valence-corrected chi connectivity index (χ4v) is 5.60. The smallest absolute Gasteiger partial charge is 0.144 e. The SMILES string of the molecule is CCC(C)(C)c1ccc(Sc2ccc(C)cc2)cc1-c1nccn1C1=C(C)C=C=C(C)C=C1C.CCCCC. The molecule has 2 nitrogen and oxygen atoms in total. The molecule has 3 aromatic rings. The van der Waals surface area contributed by atoms with Crippen molar-refractivity contribution in [1.29, 1.82) is 0 Å². The highest BCUT2D eigenvalue weighted by molar-refractivity contribution is 7.99. The Balaban J connectivity index is 0.000000771. The Morgan fingerprint density at radius 3 is 2.18 bits per heavy atom. The summed E-state index contributed by atoms with van der Waals surface area (Å²) in [5.74, 6) is 0.984. The van der Waals surface area contributed by atoms with Crippen LogP contribution in [0, 0.1) is 6.92 Å². The standard InChI is InChI=1S/C31H34N2S.C5H12/c1-8-31(6,7)28-16-15-26(34-25-13-10-21(2)11-14-25)20-27(28)30-32-17-18-33(30)29-23(4)12-9-22(3)19-24(29)5;1-3-5-4-2/h10-20H,8H2,1-7H3;3-5H2,1-2H3. The molecule has 0 unspecified atom stereocenters. The average molecular weight is 539 g/mol. The molecule has 0 saturated heterocycles. The van der Waals surface area contributed by atoms with Crippen molar-refractivity contribution >= 4 is 17.5 Å². The van der Waals surface area contributed by atoms with E-state index in [9.17, 15) is 0 Å². The van der Waals surface area contributed by atoms with E-state index in [2.05, 4.69) is 133 Å². The van der Waals surface area contributed by atoms with Gasteiger partial charge in [0.05, 0.1) is 5.70 Å². The second kappa shape index (κ2) is 13.9. The van der Waals surface area contributed by atoms with Crippen molar-refractivity contribution in [3.8, 4) is 11.4 Å². The van der Waals surface area contributed by atoms with Gasteiger partial charge in [-0.25, -0.2) is 4.98 Å². The fraction of sp³-hybridized carbons (Fsp3) is 0.389. The summed E-state index contributed by atoms with van der Waals surface area (Å²) in [6, 6.07) is 15.6. The van der Waals surface area contributed by atoms with Crippen molar-refractivity contribution in [2.75, 3.05) is 0 Å². The van der Waals surface area contributed by atoms with Gasteiger partial charge >= 0.3 is 0 Å². The van der Waals surface area contributed by atoms with Crippen molar-refractivity contribution in [3.63, 3.8) is 0 Å². The molecule has 1 aliphatic carbocycles. The first-order chi connectivity index (χ1) is 18.6. The highest BCUT2D eigenvalue weighted by Gasteiger charge is 2.25. The van der Waals surface area contributed by atoms with Crippen LogP contribution in [0.1, 0.15) is 92.2 Å². The van der Waals surface area contributed by atoms with Gasteiger partial charge in [0, 0.05) is 27.7 Å². The predicted molar refractivity (Wildman–Crippen MR) is 171 cm³/mol. The summed E-state index contributed by atoms with van der Waals surface area (Å²) >= 11 is 1.80. The predicted octanol–water partition coefficient (Wildman–Crippen LogP) is 11.2. The van der Waals surface area contributed by atoms with Crippen LogP contribution in [0.15, 0.2) is 99.3 Å². The van der Waals surface area contributed by atoms with E-state index in [0.717, 1.165) is 17.8 Å². The number of hydrogen-bond donors (Lipinski definition) is 0. The first kappa shape index (κ1) is 30.5. The molecule has 0 amide bonds. The van der Waals surface area contributed by atoms with E-state index in [1.165, 1.54) is 62.6 Å². The lowest BCUT2D eigenvalue weighted by atomic mass is 9.79. The summed E-state index contributed by atoms with van der Waals surface area (Å²) in [5, 5.41) is 0. The summed E-state index contributed by atoms with van der Waals surface area (Å²) in [6.07, 6.45) is 13.4. The molecule has 1 heterocycles. The number of hydrogen-bond acceptors (Lipinski definition) is 2. The molecule has 0 bridgehead atoms. The number of rotatable bonds is 8. The highest BCUT2D eigenvalue weighted by atomic mass is 32.2.